The molecule has 162 valence electrons. The van der Waals surface area contributed by atoms with Gasteiger partial charge in [-0.1, -0.05) is 12.1 Å². The van der Waals surface area contributed by atoms with Gasteiger partial charge in [-0.15, -0.1) is 0 Å². The van der Waals surface area contributed by atoms with Crippen LogP contribution in [-0.2, 0) is 17.6 Å². The molecule has 2 aromatic heterocycles. The lowest BCUT2D eigenvalue weighted by Crippen LogP contribution is -2.32. The van der Waals surface area contributed by atoms with E-state index >= 15 is 0 Å². The number of nitrogens with zero attached hydrogens (tertiary/aromatic N) is 2. The van der Waals surface area contributed by atoms with Crippen LogP contribution in [0.1, 0.15) is 42.1 Å². The molecule has 8 nitrogen and oxygen atoms in total. The number of methoxy groups -OCH3 is 1. The van der Waals surface area contributed by atoms with Gasteiger partial charge in [-0.2, -0.15) is 0 Å². The Hall–Kier alpha value is -2.71. The number of ether oxygens (including phenoxy) is 1. The monoisotopic (exact) mass is 413 g/mol. The largest absolute Gasteiger partial charge is 0.481 e. The molecule has 0 spiro atoms. The Kier molecular flexibility index (Phi) is 8.41. The molecule has 4 N–H and O–H groups in total. The van der Waals surface area contributed by atoms with Crippen LogP contribution in [0.5, 0.6) is 5.88 Å². The first-order valence-electron chi connectivity index (χ1n) is 10.5. The molecule has 0 amide bonds. The lowest BCUT2D eigenvalue weighted by molar-refractivity contribution is -0.137. The highest BCUT2D eigenvalue weighted by Crippen LogP contribution is 2.20. The second-order valence-corrected chi connectivity index (χ2v) is 7.43. The summed E-state index contributed by atoms with van der Waals surface area (Å²) >= 11 is 0. The molecule has 1 atom stereocenters. The summed E-state index contributed by atoms with van der Waals surface area (Å²) in [7, 11) is 1.55. The number of rotatable bonds is 12. The third-order valence-corrected chi connectivity index (χ3v) is 5.18. The Bertz CT molecular complexity index is 813. The Morgan fingerprint density at radius 3 is 2.93 bits per heavy atom. The minimum absolute atomic E-state index is 0.00599. The fourth-order valence-electron chi connectivity index (χ4n) is 3.56. The number of aromatic nitrogens is 2. The molecule has 3 rings (SSSR count). The zero-order valence-electron chi connectivity index (χ0n) is 17.5. The lowest BCUT2D eigenvalue weighted by atomic mass is 10.1. The van der Waals surface area contributed by atoms with Crippen LogP contribution in [0, 0.1) is 0 Å². The number of carboxylic acids is 1. The molecule has 0 saturated heterocycles. The molecule has 0 aromatic carbocycles. The van der Waals surface area contributed by atoms with Gasteiger partial charge in [-0.25, -0.2) is 9.97 Å². The fourth-order valence-corrected chi connectivity index (χ4v) is 3.56. The first-order chi connectivity index (χ1) is 14.7. The topological polar surface area (TPSA) is 108 Å². The molecule has 3 heterocycles. The quantitative estimate of drug-likeness (QED) is 0.392. The maximum atomic E-state index is 11.2. The smallest absolute Gasteiger partial charge is 0.305 e. The number of hydrogen-bond donors (Lipinski definition) is 4. The van der Waals surface area contributed by atoms with Crippen molar-refractivity contribution in [3.05, 3.63) is 47.3 Å². The molecule has 0 bridgehead atoms. The minimum Gasteiger partial charge on any atom is -0.481 e. The van der Waals surface area contributed by atoms with Crippen molar-refractivity contribution in [1.82, 2.24) is 20.6 Å². The van der Waals surface area contributed by atoms with E-state index in [1.807, 2.05) is 6.07 Å². The number of carboxylic acid groups (broad SMARTS) is 1. The summed E-state index contributed by atoms with van der Waals surface area (Å²) in [5, 5.41) is 19.3. The van der Waals surface area contributed by atoms with Gasteiger partial charge in [0.05, 0.1) is 13.5 Å². The summed E-state index contributed by atoms with van der Waals surface area (Å²) < 4.78 is 5.06. The highest BCUT2D eigenvalue weighted by Gasteiger charge is 2.15. The van der Waals surface area contributed by atoms with Crippen LogP contribution in [0.25, 0.3) is 0 Å². The van der Waals surface area contributed by atoms with E-state index in [1.54, 1.807) is 19.4 Å². The number of fused-ring (bicyclic) bond motifs is 1. The standard InChI is InChI=1S/C22H31N5O3/c1-30-20-9-7-17(15-26-20)19(14-21(28)29)24-13-12-23-10-3-5-18-8-6-16-4-2-11-25-22(16)27-18/h6-9,15,19,23-24H,2-5,10-14H2,1H3,(H,25,27)(H,28,29). The van der Waals surface area contributed by atoms with Crippen molar-refractivity contribution in [1.29, 1.82) is 0 Å². The Morgan fingerprint density at radius 1 is 1.27 bits per heavy atom. The summed E-state index contributed by atoms with van der Waals surface area (Å²) in [5.74, 6) is 0.718. The number of anilines is 1. The molecule has 1 aliphatic rings. The molecular formula is C22H31N5O3. The maximum absolute atomic E-state index is 11.2. The van der Waals surface area contributed by atoms with Crippen molar-refractivity contribution in [2.45, 2.75) is 38.1 Å². The van der Waals surface area contributed by atoms with Gasteiger partial charge in [-0.05, 0) is 49.4 Å². The van der Waals surface area contributed by atoms with Crippen LogP contribution in [0.3, 0.4) is 0 Å². The van der Waals surface area contributed by atoms with Gasteiger partial charge in [0.15, 0.2) is 0 Å². The average Bonchev–Trinajstić information content (AvgIpc) is 2.77. The molecule has 0 aliphatic carbocycles. The number of hydrogen-bond acceptors (Lipinski definition) is 7. The molecular weight excluding hydrogens is 382 g/mol. The first kappa shape index (κ1) is 22.0. The van der Waals surface area contributed by atoms with Crippen molar-refractivity contribution >= 4 is 11.8 Å². The normalized spacial score (nSPS) is 13.9. The number of carbonyl (C=O) groups is 1. The first-order valence-corrected chi connectivity index (χ1v) is 10.5. The third-order valence-electron chi connectivity index (χ3n) is 5.18. The van der Waals surface area contributed by atoms with Gasteiger partial charge < -0.3 is 25.8 Å². The van der Waals surface area contributed by atoms with Gasteiger partial charge in [0.1, 0.15) is 5.82 Å². The molecule has 0 fully saturated rings. The lowest BCUT2D eigenvalue weighted by Gasteiger charge is -2.18. The van der Waals surface area contributed by atoms with Gasteiger partial charge in [-0.3, -0.25) is 4.79 Å². The molecule has 1 aliphatic heterocycles. The molecule has 0 saturated carbocycles. The molecule has 1 unspecified atom stereocenters. The average molecular weight is 414 g/mol. The summed E-state index contributed by atoms with van der Waals surface area (Å²) in [6, 6.07) is 7.63. The van der Waals surface area contributed by atoms with Crippen molar-refractivity contribution < 1.29 is 14.6 Å². The van der Waals surface area contributed by atoms with E-state index in [2.05, 4.69) is 33.1 Å². The summed E-state index contributed by atoms with van der Waals surface area (Å²) in [5.41, 5.74) is 3.28. The van der Waals surface area contributed by atoms with E-state index < -0.39 is 5.97 Å². The number of aryl methyl sites for hydroxylation is 2. The summed E-state index contributed by atoms with van der Waals surface area (Å²) in [4.78, 5) is 20.1. The highest BCUT2D eigenvalue weighted by molar-refractivity contribution is 5.67. The van der Waals surface area contributed by atoms with Crippen LogP contribution in [-0.4, -0.2) is 54.3 Å². The zero-order valence-corrected chi connectivity index (χ0v) is 17.5. The zero-order chi connectivity index (χ0) is 21.2. The number of aliphatic carboxylic acids is 1. The molecule has 30 heavy (non-hydrogen) atoms. The van der Waals surface area contributed by atoms with Crippen molar-refractivity contribution in [3.8, 4) is 5.88 Å². The second-order valence-electron chi connectivity index (χ2n) is 7.43. The van der Waals surface area contributed by atoms with E-state index in [1.165, 1.54) is 12.0 Å². The summed E-state index contributed by atoms with van der Waals surface area (Å²) in [6.07, 6.45) is 5.90. The van der Waals surface area contributed by atoms with Crippen LogP contribution in [0.4, 0.5) is 5.82 Å². The molecule has 2 aromatic rings. The van der Waals surface area contributed by atoms with E-state index in [-0.39, 0.29) is 12.5 Å². The van der Waals surface area contributed by atoms with Crippen LogP contribution in [0.2, 0.25) is 0 Å². The SMILES string of the molecule is COc1ccc(C(CC(=O)O)NCCNCCCc2ccc3c(n2)NCCC3)cn1. The van der Waals surface area contributed by atoms with E-state index in [0.29, 0.717) is 12.4 Å². The number of nitrogens with one attached hydrogen (secondary N) is 3. The van der Waals surface area contributed by atoms with Gasteiger partial charge in [0.2, 0.25) is 5.88 Å². The van der Waals surface area contributed by atoms with Gasteiger partial charge >= 0.3 is 5.97 Å². The van der Waals surface area contributed by atoms with Crippen molar-refractivity contribution in [2.75, 3.05) is 38.6 Å². The molecule has 0 radical (unpaired) electrons. The van der Waals surface area contributed by atoms with Crippen LogP contribution in [0.15, 0.2) is 30.5 Å². The van der Waals surface area contributed by atoms with Crippen LogP contribution >= 0.6 is 0 Å². The second kappa shape index (κ2) is 11.5. The Labute approximate surface area is 177 Å². The number of pyridine rings is 2. The van der Waals surface area contributed by atoms with Crippen molar-refractivity contribution in [3.63, 3.8) is 0 Å². The predicted molar refractivity (Wildman–Crippen MR) is 116 cm³/mol. The van der Waals surface area contributed by atoms with Gasteiger partial charge in [0.25, 0.3) is 0 Å². The summed E-state index contributed by atoms with van der Waals surface area (Å²) in [6.45, 7) is 3.33. The van der Waals surface area contributed by atoms with Crippen molar-refractivity contribution in [2.24, 2.45) is 0 Å². The van der Waals surface area contributed by atoms with Crippen LogP contribution < -0.4 is 20.7 Å². The Morgan fingerprint density at radius 2 is 2.17 bits per heavy atom. The molecule has 8 heteroatoms. The Balaban J connectivity index is 1.36. The fraction of sp³-hybridized carbons (Fsp3) is 0.500. The maximum Gasteiger partial charge on any atom is 0.305 e. The third kappa shape index (κ3) is 6.67. The minimum atomic E-state index is -0.844. The van der Waals surface area contributed by atoms with E-state index in [9.17, 15) is 9.90 Å². The predicted octanol–water partition coefficient (Wildman–Crippen LogP) is 2.17. The van der Waals surface area contributed by atoms with Gasteiger partial charge in [0, 0.05) is 43.6 Å². The highest BCUT2D eigenvalue weighted by atomic mass is 16.5. The van der Waals surface area contributed by atoms with E-state index in [4.69, 9.17) is 9.72 Å². The van der Waals surface area contributed by atoms with E-state index in [0.717, 1.165) is 56.0 Å².